The average molecular weight is 439 g/mol. The molecule has 0 spiro atoms. The molecule has 1 N–H and O–H groups in total. The minimum atomic E-state index is -3.23. The second-order valence-corrected chi connectivity index (χ2v) is 9.80. The normalized spacial score (nSPS) is 22.1. The number of sulfone groups is 1. The molecule has 1 atom stereocenters. The first-order chi connectivity index (χ1) is 13.3. The second-order valence-electron chi connectivity index (χ2n) is 6.19. The van der Waals surface area contributed by atoms with E-state index in [1.807, 2.05) is 24.3 Å². The van der Waals surface area contributed by atoms with Crippen molar-refractivity contribution in [2.75, 3.05) is 19.4 Å². The van der Waals surface area contributed by atoms with E-state index in [9.17, 15) is 18.0 Å². The number of nitrogens with one attached hydrogen (secondary N) is 1. The summed E-state index contributed by atoms with van der Waals surface area (Å²) in [4.78, 5) is 26.5. The second kappa shape index (κ2) is 8.46. The van der Waals surface area contributed by atoms with Gasteiger partial charge in [-0.2, -0.15) is 0 Å². The van der Waals surface area contributed by atoms with Gasteiger partial charge in [0, 0.05) is 18.4 Å². The third kappa shape index (κ3) is 5.00. The number of nitrogens with zero attached hydrogens (tertiary/aromatic N) is 1. The zero-order valence-corrected chi connectivity index (χ0v) is 17.4. The zero-order valence-electron chi connectivity index (χ0n) is 15.0. The summed E-state index contributed by atoms with van der Waals surface area (Å²) in [6.07, 6.45) is 3.21. The van der Waals surface area contributed by atoms with E-state index < -0.39 is 15.9 Å². The van der Waals surface area contributed by atoms with Crippen LogP contribution < -0.4 is 10.1 Å². The quantitative estimate of drug-likeness (QED) is 0.534. The van der Waals surface area contributed by atoms with E-state index in [1.54, 1.807) is 13.2 Å². The Labute approximate surface area is 172 Å². The van der Waals surface area contributed by atoms with Crippen LogP contribution in [0.25, 0.3) is 6.08 Å². The van der Waals surface area contributed by atoms with Crippen LogP contribution in [0.5, 0.6) is 5.75 Å². The first kappa shape index (κ1) is 20.6. The van der Waals surface area contributed by atoms with Gasteiger partial charge in [0.15, 0.2) is 9.84 Å². The van der Waals surface area contributed by atoms with Crippen molar-refractivity contribution in [1.82, 2.24) is 10.2 Å². The highest BCUT2D eigenvalue weighted by Crippen LogP contribution is 2.33. The van der Waals surface area contributed by atoms with E-state index in [0.29, 0.717) is 15.0 Å². The lowest BCUT2D eigenvalue weighted by Gasteiger charge is -2.15. The minimum absolute atomic E-state index is 0.0310. The Morgan fingerprint density at radius 2 is 2.25 bits per heavy atom. The summed E-state index contributed by atoms with van der Waals surface area (Å²) < 4.78 is 28.3. The lowest BCUT2D eigenvalue weighted by atomic mass is 10.2. The largest absolute Gasteiger partial charge is 0.497 e. The zero-order chi connectivity index (χ0) is 20.3. The van der Waals surface area contributed by atoms with Crippen molar-refractivity contribution in [3.63, 3.8) is 0 Å². The van der Waals surface area contributed by atoms with Crippen molar-refractivity contribution in [3.05, 3.63) is 46.2 Å². The lowest BCUT2D eigenvalue weighted by Crippen LogP contribution is -2.38. The molecule has 1 aromatic rings. The van der Waals surface area contributed by atoms with Gasteiger partial charge in [0.2, 0.25) is 5.91 Å². The maximum absolute atomic E-state index is 12.6. The number of carbonyl (C=O) groups excluding carboxylic acids is 2. The molecule has 0 aromatic heterocycles. The molecule has 1 saturated heterocycles. The molecule has 2 heterocycles. The number of thioether (sulfide) groups is 1. The van der Waals surface area contributed by atoms with Crippen LogP contribution in [0.2, 0.25) is 0 Å². The summed E-state index contributed by atoms with van der Waals surface area (Å²) in [6.45, 7) is 0.134. The molecular weight excluding hydrogens is 420 g/mol. The Kier molecular flexibility index (Phi) is 6.21. The van der Waals surface area contributed by atoms with Gasteiger partial charge in [-0.05, 0) is 29.8 Å². The first-order valence-electron chi connectivity index (χ1n) is 8.37. The van der Waals surface area contributed by atoms with Crippen LogP contribution in [0.3, 0.4) is 0 Å². The number of methoxy groups -OCH3 is 1. The number of rotatable bonds is 6. The van der Waals surface area contributed by atoms with Crippen LogP contribution in [-0.2, 0) is 19.4 Å². The van der Waals surface area contributed by atoms with Gasteiger partial charge in [-0.3, -0.25) is 14.5 Å². The maximum atomic E-state index is 12.6. The Bertz CT molecular complexity index is 985. The molecule has 1 fully saturated rings. The summed E-state index contributed by atoms with van der Waals surface area (Å²) in [7, 11) is -1.66. The fourth-order valence-corrected chi connectivity index (χ4v) is 5.28. The van der Waals surface area contributed by atoms with E-state index in [2.05, 4.69) is 5.32 Å². The number of hydrogen-bond acceptors (Lipinski definition) is 7. The highest BCUT2D eigenvalue weighted by atomic mass is 32.2. The van der Waals surface area contributed by atoms with Gasteiger partial charge in [-0.15, -0.1) is 0 Å². The maximum Gasteiger partial charge on any atom is 0.266 e. The number of carbonyl (C=O) groups is 2. The molecule has 7 nitrogen and oxygen atoms in total. The van der Waals surface area contributed by atoms with Gasteiger partial charge in [0.05, 0.1) is 23.8 Å². The van der Waals surface area contributed by atoms with Crippen molar-refractivity contribution in [3.8, 4) is 5.75 Å². The monoisotopic (exact) mass is 438 g/mol. The standard InChI is InChI=1S/C18H18N2O5S3/c1-25-14-4-2-3-12(9-14)10-15-17(22)20(18(26)27-15)7-5-16(21)19-13-6-8-28(23,24)11-13/h2-4,6,8-10,13H,5,7,11H2,1H3,(H,19,21)/b15-10-/t13-/m0/s1. The minimum Gasteiger partial charge on any atom is -0.497 e. The molecule has 0 aliphatic carbocycles. The van der Waals surface area contributed by atoms with Gasteiger partial charge < -0.3 is 10.1 Å². The van der Waals surface area contributed by atoms with E-state index in [4.69, 9.17) is 17.0 Å². The van der Waals surface area contributed by atoms with Crippen LogP contribution in [0.1, 0.15) is 12.0 Å². The highest BCUT2D eigenvalue weighted by molar-refractivity contribution is 8.26. The summed E-state index contributed by atoms with van der Waals surface area (Å²) in [5, 5.41) is 3.73. The number of thiocarbonyl (C=S) groups is 1. The number of hydrogen-bond donors (Lipinski definition) is 1. The van der Waals surface area contributed by atoms with E-state index in [1.165, 1.54) is 22.7 Å². The number of benzene rings is 1. The van der Waals surface area contributed by atoms with Crippen molar-refractivity contribution < 1.29 is 22.7 Å². The molecular formula is C18H18N2O5S3. The van der Waals surface area contributed by atoms with E-state index in [0.717, 1.165) is 11.0 Å². The topological polar surface area (TPSA) is 92.8 Å². The van der Waals surface area contributed by atoms with Crippen LogP contribution in [0, 0.1) is 0 Å². The van der Waals surface area contributed by atoms with Crippen LogP contribution in [0.4, 0.5) is 0 Å². The van der Waals surface area contributed by atoms with Crippen molar-refractivity contribution in [2.24, 2.45) is 0 Å². The molecule has 0 bridgehead atoms. The van der Waals surface area contributed by atoms with Crippen molar-refractivity contribution in [1.29, 1.82) is 0 Å². The molecule has 2 aliphatic rings. The third-order valence-corrected chi connectivity index (χ3v) is 6.88. The molecule has 2 aliphatic heterocycles. The molecule has 0 saturated carbocycles. The molecule has 148 valence electrons. The summed E-state index contributed by atoms with van der Waals surface area (Å²) in [5.41, 5.74) is 0.812. The number of amides is 2. The van der Waals surface area contributed by atoms with Crippen LogP contribution in [0.15, 0.2) is 40.7 Å². The molecule has 1 aromatic carbocycles. The molecule has 3 rings (SSSR count). The molecule has 0 radical (unpaired) electrons. The predicted octanol–water partition coefficient (Wildman–Crippen LogP) is 1.71. The average Bonchev–Trinajstić information content (AvgIpc) is 3.11. The molecule has 28 heavy (non-hydrogen) atoms. The third-order valence-electron chi connectivity index (χ3n) is 4.10. The van der Waals surface area contributed by atoms with Gasteiger partial charge in [0.25, 0.3) is 5.91 Å². The fraction of sp³-hybridized carbons (Fsp3) is 0.278. The number of ether oxygens (including phenoxy) is 1. The Balaban J connectivity index is 1.58. The highest BCUT2D eigenvalue weighted by Gasteiger charge is 2.32. The van der Waals surface area contributed by atoms with Gasteiger partial charge in [-0.1, -0.05) is 36.1 Å². The van der Waals surface area contributed by atoms with E-state index in [-0.39, 0.29) is 30.5 Å². The SMILES string of the molecule is COc1cccc(/C=C2\SC(=S)N(CCC(=O)N[C@H]3C=CS(=O)(=O)C3)C2=O)c1. The summed E-state index contributed by atoms with van der Waals surface area (Å²) in [6, 6.07) is 6.77. The van der Waals surface area contributed by atoms with Crippen molar-refractivity contribution in [2.45, 2.75) is 12.5 Å². The smallest absolute Gasteiger partial charge is 0.266 e. The molecule has 10 heteroatoms. The van der Waals surface area contributed by atoms with Crippen LogP contribution in [-0.4, -0.2) is 54.9 Å². The lowest BCUT2D eigenvalue weighted by molar-refractivity contribution is -0.124. The van der Waals surface area contributed by atoms with E-state index >= 15 is 0 Å². The summed E-state index contributed by atoms with van der Waals surface area (Å²) >= 11 is 6.45. The van der Waals surface area contributed by atoms with Gasteiger partial charge in [0.1, 0.15) is 10.1 Å². The van der Waals surface area contributed by atoms with Gasteiger partial charge in [-0.25, -0.2) is 8.42 Å². The molecule has 0 unspecified atom stereocenters. The Hall–Kier alpha value is -2.17. The first-order valence-corrected chi connectivity index (χ1v) is 11.3. The predicted molar refractivity (Wildman–Crippen MR) is 112 cm³/mol. The summed E-state index contributed by atoms with van der Waals surface area (Å²) in [5.74, 6) is -0.0429. The van der Waals surface area contributed by atoms with Crippen LogP contribution >= 0.6 is 24.0 Å². The van der Waals surface area contributed by atoms with Crippen molar-refractivity contribution >= 4 is 56.0 Å². The Morgan fingerprint density at radius 3 is 2.93 bits per heavy atom. The Morgan fingerprint density at radius 1 is 1.46 bits per heavy atom. The molecule has 2 amide bonds. The van der Waals surface area contributed by atoms with Gasteiger partial charge >= 0.3 is 0 Å². The fourth-order valence-electron chi connectivity index (χ4n) is 2.73.